The van der Waals surface area contributed by atoms with Crippen molar-refractivity contribution in [3.63, 3.8) is 0 Å². The number of methoxy groups -OCH3 is 2. The first-order chi connectivity index (χ1) is 15.0. The lowest BCUT2D eigenvalue weighted by atomic mass is 9.98. The van der Waals surface area contributed by atoms with Gasteiger partial charge in [0.15, 0.2) is 0 Å². The molecule has 2 unspecified atom stereocenters. The fourth-order valence-corrected chi connectivity index (χ4v) is 4.21. The highest BCUT2D eigenvalue weighted by molar-refractivity contribution is 5.79. The van der Waals surface area contributed by atoms with Crippen LogP contribution in [-0.2, 0) is 9.59 Å². The molecule has 2 atom stereocenters. The van der Waals surface area contributed by atoms with Crippen molar-refractivity contribution in [2.75, 3.05) is 20.8 Å². The summed E-state index contributed by atoms with van der Waals surface area (Å²) in [5.74, 6) is 1.44. The number of likely N-dealkylation sites (tertiary alicyclic amines) is 1. The van der Waals surface area contributed by atoms with Crippen LogP contribution in [0, 0.1) is 0 Å². The first kappa shape index (κ1) is 22.7. The SMILES string of the molecule is COc1ccc(C(CC(=O)N2CCCCCC2c2ccc(OC)cc2)NC(C)=O)cc1. The Morgan fingerprint density at radius 3 is 2.16 bits per heavy atom. The second kappa shape index (κ2) is 10.8. The maximum Gasteiger partial charge on any atom is 0.225 e. The van der Waals surface area contributed by atoms with Crippen LogP contribution in [0.5, 0.6) is 11.5 Å². The summed E-state index contributed by atoms with van der Waals surface area (Å²) in [5, 5.41) is 2.95. The summed E-state index contributed by atoms with van der Waals surface area (Å²) < 4.78 is 10.5. The van der Waals surface area contributed by atoms with Gasteiger partial charge in [-0.05, 0) is 48.2 Å². The van der Waals surface area contributed by atoms with E-state index in [2.05, 4.69) is 5.32 Å². The maximum absolute atomic E-state index is 13.5. The Morgan fingerprint density at radius 2 is 1.58 bits per heavy atom. The zero-order chi connectivity index (χ0) is 22.2. The van der Waals surface area contributed by atoms with Gasteiger partial charge in [0.2, 0.25) is 11.8 Å². The van der Waals surface area contributed by atoms with E-state index >= 15 is 0 Å². The minimum Gasteiger partial charge on any atom is -0.497 e. The van der Waals surface area contributed by atoms with Crippen LogP contribution in [0.4, 0.5) is 0 Å². The van der Waals surface area contributed by atoms with Crippen LogP contribution >= 0.6 is 0 Å². The molecule has 0 aromatic heterocycles. The zero-order valence-corrected chi connectivity index (χ0v) is 18.6. The standard InChI is InChI=1S/C25H32N2O4/c1-18(28)26-23(19-8-12-21(30-2)13-9-19)17-25(29)27-16-6-4-5-7-24(27)20-10-14-22(31-3)15-11-20/h8-15,23-24H,4-7,16-17H2,1-3H3,(H,26,28). The molecule has 31 heavy (non-hydrogen) atoms. The van der Waals surface area contributed by atoms with Gasteiger partial charge in [0.05, 0.1) is 32.7 Å². The van der Waals surface area contributed by atoms with E-state index in [9.17, 15) is 9.59 Å². The smallest absolute Gasteiger partial charge is 0.225 e. The lowest BCUT2D eigenvalue weighted by Crippen LogP contribution is -2.38. The summed E-state index contributed by atoms with van der Waals surface area (Å²) in [7, 11) is 3.26. The Balaban J connectivity index is 1.81. The first-order valence-corrected chi connectivity index (χ1v) is 10.9. The monoisotopic (exact) mass is 424 g/mol. The molecule has 0 aliphatic carbocycles. The number of ether oxygens (including phenoxy) is 2. The van der Waals surface area contributed by atoms with Gasteiger partial charge in [0, 0.05) is 13.5 Å². The van der Waals surface area contributed by atoms with Gasteiger partial charge in [-0.1, -0.05) is 37.1 Å². The molecule has 2 aromatic rings. The molecule has 0 bridgehead atoms. The molecule has 1 N–H and O–H groups in total. The zero-order valence-electron chi connectivity index (χ0n) is 18.6. The Hall–Kier alpha value is -3.02. The summed E-state index contributed by atoms with van der Waals surface area (Å²) in [6.07, 6.45) is 4.35. The Bertz CT molecular complexity index is 864. The third-order valence-corrected chi connectivity index (χ3v) is 5.85. The van der Waals surface area contributed by atoms with Crippen molar-refractivity contribution < 1.29 is 19.1 Å². The summed E-state index contributed by atoms with van der Waals surface area (Å²) in [5.41, 5.74) is 2.01. The maximum atomic E-state index is 13.5. The van der Waals surface area contributed by atoms with Gasteiger partial charge in [-0.15, -0.1) is 0 Å². The molecular weight excluding hydrogens is 392 g/mol. The molecule has 2 amide bonds. The Labute approximate surface area is 184 Å². The normalized spacial score (nSPS) is 17.4. The van der Waals surface area contributed by atoms with Crippen molar-refractivity contribution in [3.8, 4) is 11.5 Å². The van der Waals surface area contributed by atoms with E-state index in [4.69, 9.17) is 9.47 Å². The van der Waals surface area contributed by atoms with Gasteiger partial charge >= 0.3 is 0 Å². The van der Waals surface area contributed by atoms with Crippen LogP contribution in [0.15, 0.2) is 48.5 Å². The molecule has 1 aliphatic rings. The average molecular weight is 425 g/mol. The van der Waals surface area contributed by atoms with Crippen LogP contribution in [-0.4, -0.2) is 37.5 Å². The lowest BCUT2D eigenvalue weighted by Gasteiger charge is -2.32. The van der Waals surface area contributed by atoms with E-state index in [-0.39, 0.29) is 30.3 Å². The number of carbonyl (C=O) groups excluding carboxylic acids is 2. The number of hydrogen-bond acceptors (Lipinski definition) is 4. The van der Waals surface area contributed by atoms with Gasteiger partial charge < -0.3 is 19.7 Å². The average Bonchev–Trinajstić information content (AvgIpc) is 3.05. The highest BCUT2D eigenvalue weighted by Crippen LogP contribution is 2.33. The van der Waals surface area contributed by atoms with Crippen molar-refractivity contribution in [1.29, 1.82) is 0 Å². The van der Waals surface area contributed by atoms with E-state index in [0.29, 0.717) is 0 Å². The van der Waals surface area contributed by atoms with Crippen LogP contribution in [0.3, 0.4) is 0 Å². The van der Waals surface area contributed by atoms with Gasteiger partial charge in [-0.3, -0.25) is 9.59 Å². The summed E-state index contributed by atoms with van der Waals surface area (Å²) in [6.45, 7) is 2.21. The molecule has 166 valence electrons. The number of nitrogens with one attached hydrogen (secondary N) is 1. The third kappa shape index (κ3) is 6.00. The van der Waals surface area contributed by atoms with Gasteiger partial charge in [0.25, 0.3) is 0 Å². The molecule has 3 rings (SSSR count). The topological polar surface area (TPSA) is 67.9 Å². The number of benzene rings is 2. The van der Waals surface area contributed by atoms with Gasteiger partial charge in [-0.25, -0.2) is 0 Å². The Kier molecular flexibility index (Phi) is 7.93. The Morgan fingerprint density at radius 1 is 0.968 bits per heavy atom. The van der Waals surface area contributed by atoms with Crippen LogP contribution in [0.2, 0.25) is 0 Å². The van der Waals surface area contributed by atoms with Crippen LogP contribution in [0.25, 0.3) is 0 Å². The van der Waals surface area contributed by atoms with E-state index in [1.165, 1.54) is 6.92 Å². The molecule has 0 saturated carbocycles. The molecule has 1 aliphatic heterocycles. The first-order valence-electron chi connectivity index (χ1n) is 10.9. The second-order valence-electron chi connectivity index (χ2n) is 7.96. The second-order valence-corrected chi connectivity index (χ2v) is 7.96. The van der Waals surface area contributed by atoms with Crippen molar-refractivity contribution in [2.24, 2.45) is 0 Å². The number of hydrogen-bond donors (Lipinski definition) is 1. The van der Waals surface area contributed by atoms with Crippen molar-refractivity contribution in [1.82, 2.24) is 10.2 Å². The van der Waals surface area contributed by atoms with Gasteiger partial charge in [0.1, 0.15) is 11.5 Å². The predicted molar refractivity (Wildman–Crippen MR) is 120 cm³/mol. The van der Waals surface area contributed by atoms with E-state index in [1.807, 2.05) is 53.4 Å². The molecule has 6 heteroatoms. The predicted octanol–water partition coefficient (Wildman–Crippen LogP) is 4.42. The number of rotatable bonds is 7. The third-order valence-electron chi connectivity index (χ3n) is 5.85. The molecule has 0 radical (unpaired) electrons. The highest BCUT2D eigenvalue weighted by atomic mass is 16.5. The molecular formula is C25H32N2O4. The number of carbonyl (C=O) groups is 2. The minimum atomic E-state index is -0.379. The van der Waals surface area contributed by atoms with Crippen LogP contribution < -0.4 is 14.8 Å². The van der Waals surface area contributed by atoms with Crippen molar-refractivity contribution in [3.05, 3.63) is 59.7 Å². The van der Waals surface area contributed by atoms with Gasteiger partial charge in [-0.2, -0.15) is 0 Å². The minimum absolute atomic E-state index is 0.0368. The quantitative estimate of drug-likeness (QED) is 0.715. The molecule has 1 fully saturated rings. The summed E-state index contributed by atoms with van der Waals surface area (Å²) in [4.78, 5) is 27.3. The van der Waals surface area contributed by atoms with E-state index < -0.39 is 0 Å². The summed E-state index contributed by atoms with van der Waals surface area (Å²) in [6, 6.07) is 15.1. The molecule has 1 heterocycles. The van der Waals surface area contributed by atoms with E-state index in [1.54, 1.807) is 14.2 Å². The molecule has 6 nitrogen and oxygen atoms in total. The molecule has 1 saturated heterocycles. The largest absolute Gasteiger partial charge is 0.497 e. The summed E-state index contributed by atoms with van der Waals surface area (Å²) >= 11 is 0. The van der Waals surface area contributed by atoms with Crippen LogP contribution in [0.1, 0.15) is 62.2 Å². The molecule has 2 aromatic carbocycles. The van der Waals surface area contributed by atoms with Crippen molar-refractivity contribution in [2.45, 2.75) is 51.1 Å². The van der Waals surface area contributed by atoms with E-state index in [0.717, 1.165) is 54.9 Å². The fourth-order valence-electron chi connectivity index (χ4n) is 4.21. The fraction of sp³-hybridized carbons (Fsp3) is 0.440. The van der Waals surface area contributed by atoms with Crippen molar-refractivity contribution >= 4 is 11.8 Å². The number of nitrogens with zero attached hydrogens (tertiary/aromatic N) is 1. The molecule has 0 spiro atoms. The number of amides is 2. The lowest BCUT2D eigenvalue weighted by molar-refractivity contribution is -0.134. The highest BCUT2D eigenvalue weighted by Gasteiger charge is 2.29.